The summed E-state index contributed by atoms with van der Waals surface area (Å²) in [6.45, 7) is 1.27. The zero-order valence-corrected chi connectivity index (χ0v) is 40.0. The SMILES string of the molecule is CC/C=C\C/C=C\C/C=C\C/C=C\C/C=C\C/C=C\CCCCC(=O)NC(COC1OC(CO)C(OC2OC(CO)C(OC3OC(CO)C(O)C(O)C3O)C(O)C2O)C(O)C1O)C(O)/C=C/CCC. The molecule has 1 amide bonds. The molecule has 3 saturated heterocycles. The van der Waals surface area contributed by atoms with Crippen LogP contribution in [0, 0.1) is 0 Å². The summed E-state index contributed by atoms with van der Waals surface area (Å²) in [6, 6.07) is -0.996. The van der Waals surface area contributed by atoms with E-state index in [4.69, 9.17) is 28.4 Å². The van der Waals surface area contributed by atoms with Gasteiger partial charge in [0.25, 0.3) is 0 Å². The van der Waals surface area contributed by atoms with Gasteiger partial charge >= 0.3 is 0 Å². The Labute approximate surface area is 406 Å². The monoisotopic (exact) mass is 984 g/mol. The molecule has 3 aliphatic rings. The van der Waals surface area contributed by atoms with Crippen LogP contribution in [-0.2, 0) is 33.2 Å². The smallest absolute Gasteiger partial charge is 0.220 e. The first-order valence-electron chi connectivity index (χ1n) is 24.3. The third-order valence-electron chi connectivity index (χ3n) is 11.7. The fraction of sp³-hybridized carbons (Fsp3) is 0.700. The molecular weight excluding hydrogens is 903 g/mol. The lowest BCUT2D eigenvalue weighted by Crippen LogP contribution is -2.66. The number of ether oxygens (including phenoxy) is 6. The highest BCUT2D eigenvalue weighted by Crippen LogP contribution is 2.33. The Balaban J connectivity index is 1.46. The van der Waals surface area contributed by atoms with Gasteiger partial charge in [-0.15, -0.1) is 0 Å². The lowest BCUT2D eigenvalue weighted by molar-refractivity contribution is -0.379. The molecule has 12 N–H and O–H groups in total. The van der Waals surface area contributed by atoms with Crippen LogP contribution in [0.15, 0.2) is 85.1 Å². The van der Waals surface area contributed by atoms with Crippen molar-refractivity contribution in [3.05, 3.63) is 85.1 Å². The van der Waals surface area contributed by atoms with Crippen molar-refractivity contribution in [1.82, 2.24) is 5.32 Å². The molecule has 17 atom stereocenters. The molecular formula is C50H81NO18. The van der Waals surface area contributed by atoms with Crippen molar-refractivity contribution in [1.29, 1.82) is 0 Å². The van der Waals surface area contributed by atoms with E-state index in [1.165, 1.54) is 6.08 Å². The van der Waals surface area contributed by atoms with Crippen LogP contribution in [0.1, 0.15) is 90.9 Å². The Morgan fingerprint density at radius 1 is 0.536 bits per heavy atom. The first-order valence-corrected chi connectivity index (χ1v) is 24.3. The Kier molecular flexibility index (Phi) is 30.0. The molecule has 19 nitrogen and oxygen atoms in total. The van der Waals surface area contributed by atoms with Crippen molar-refractivity contribution in [2.75, 3.05) is 26.4 Å². The lowest BCUT2D eigenvalue weighted by atomic mass is 9.96. The molecule has 3 rings (SSSR count). The molecule has 3 fully saturated rings. The summed E-state index contributed by atoms with van der Waals surface area (Å²) in [7, 11) is 0. The largest absolute Gasteiger partial charge is 0.394 e. The van der Waals surface area contributed by atoms with Gasteiger partial charge in [0.15, 0.2) is 18.9 Å². The topological polar surface area (TPSA) is 307 Å². The molecule has 394 valence electrons. The highest BCUT2D eigenvalue weighted by Gasteiger charge is 2.53. The summed E-state index contributed by atoms with van der Waals surface area (Å²) in [5.41, 5.74) is 0. The van der Waals surface area contributed by atoms with Crippen LogP contribution in [0.3, 0.4) is 0 Å². The number of amides is 1. The average molecular weight is 984 g/mol. The fourth-order valence-corrected chi connectivity index (χ4v) is 7.61. The van der Waals surface area contributed by atoms with Crippen LogP contribution in [0.25, 0.3) is 0 Å². The summed E-state index contributed by atoms with van der Waals surface area (Å²) in [5, 5.41) is 119. The van der Waals surface area contributed by atoms with E-state index >= 15 is 0 Å². The summed E-state index contributed by atoms with van der Waals surface area (Å²) in [4.78, 5) is 13.0. The standard InChI is InChI=1S/C50H81NO18/c1-3-5-7-8-9-10-11-12-13-14-15-16-17-18-19-20-21-22-23-24-26-28-38(56)51-33(34(55)27-25-6-4-2)32-64-48-44(62)41(59)46(36(30-53)66-48)69-50-45(63)42(60)47(37(31-54)67-50)68-49-43(61)40(58)39(57)35(29-52)65-49/h5,7,9-10,12-13,15-16,18-19,21-22,25,27,33-37,39-50,52-55,57-63H,3-4,6,8,11,14,17,20,23-24,26,28-32H2,1-2H3,(H,51,56)/b7-5-,10-9-,13-12-,16-15-,19-18-,22-21-,27-25+. The maximum Gasteiger partial charge on any atom is 0.220 e. The number of nitrogens with one attached hydrogen (secondary N) is 1. The van der Waals surface area contributed by atoms with E-state index in [0.29, 0.717) is 12.8 Å². The van der Waals surface area contributed by atoms with E-state index < -0.39 is 124 Å². The normalized spacial score (nSPS) is 33.6. The number of rotatable bonds is 31. The van der Waals surface area contributed by atoms with E-state index in [1.54, 1.807) is 6.08 Å². The zero-order valence-electron chi connectivity index (χ0n) is 40.0. The quantitative estimate of drug-likeness (QED) is 0.0339. The Morgan fingerprint density at radius 2 is 0.986 bits per heavy atom. The second-order valence-corrected chi connectivity index (χ2v) is 17.2. The van der Waals surface area contributed by atoms with Gasteiger partial charge in [-0.25, -0.2) is 0 Å². The van der Waals surface area contributed by atoms with Crippen molar-refractivity contribution in [3.63, 3.8) is 0 Å². The predicted molar refractivity (Wildman–Crippen MR) is 254 cm³/mol. The van der Waals surface area contributed by atoms with Gasteiger partial charge in [0.05, 0.1) is 38.6 Å². The lowest BCUT2D eigenvalue weighted by Gasteiger charge is -2.48. The van der Waals surface area contributed by atoms with E-state index in [1.807, 2.05) is 6.92 Å². The number of unbranched alkanes of at least 4 members (excludes halogenated alkanes) is 3. The number of aliphatic hydroxyl groups is 11. The van der Waals surface area contributed by atoms with Gasteiger partial charge in [-0.05, 0) is 64.2 Å². The molecule has 17 unspecified atom stereocenters. The zero-order chi connectivity index (χ0) is 50.6. The molecule has 0 aromatic carbocycles. The van der Waals surface area contributed by atoms with Crippen molar-refractivity contribution in [2.45, 2.75) is 195 Å². The van der Waals surface area contributed by atoms with Gasteiger partial charge in [0.2, 0.25) is 5.91 Å². The number of carbonyl (C=O) groups is 1. The molecule has 19 heteroatoms. The minimum atomic E-state index is -1.98. The molecule has 3 heterocycles. The van der Waals surface area contributed by atoms with E-state index in [0.717, 1.165) is 57.8 Å². The minimum absolute atomic E-state index is 0.179. The Bertz CT molecular complexity index is 1600. The molecule has 0 aliphatic carbocycles. The molecule has 0 saturated carbocycles. The van der Waals surface area contributed by atoms with E-state index in [2.05, 4.69) is 85.2 Å². The van der Waals surface area contributed by atoms with Crippen LogP contribution in [-0.4, -0.2) is 193 Å². The van der Waals surface area contributed by atoms with Crippen LogP contribution < -0.4 is 5.32 Å². The van der Waals surface area contributed by atoms with Crippen LogP contribution in [0.4, 0.5) is 0 Å². The Hall–Kier alpha value is -3.03. The number of allylic oxidation sites excluding steroid dienone is 13. The maximum atomic E-state index is 13.0. The summed E-state index contributed by atoms with van der Waals surface area (Å²) < 4.78 is 33.8. The average Bonchev–Trinajstić information content (AvgIpc) is 3.34. The maximum absolute atomic E-state index is 13.0. The molecule has 0 spiro atoms. The van der Waals surface area contributed by atoms with Crippen LogP contribution in [0.2, 0.25) is 0 Å². The highest BCUT2D eigenvalue weighted by atomic mass is 16.8. The van der Waals surface area contributed by atoms with Gasteiger partial charge in [-0.2, -0.15) is 0 Å². The van der Waals surface area contributed by atoms with Crippen molar-refractivity contribution < 1.29 is 89.4 Å². The van der Waals surface area contributed by atoms with Gasteiger partial charge in [-0.3, -0.25) is 4.79 Å². The van der Waals surface area contributed by atoms with Crippen LogP contribution >= 0.6 is 0 Å². The molecule has 3 aliphatic heterocycles. The molecule has 0 aromatic heterocycles. The third-order valence-corrected chi connectivity index (χ3v) is 11.7. The van der Waals surface area contributed by atoms with Crippen LogP contribution in [0.5, 0.6) is 0 Å². The molecule has 0 radical (unpaired) electrons. The number of carbonyl (C=O) groups excluding carboxylic acids is 1. The summed E-state index contributed by atoms with van der Waals surface area (Å²) >= 11 is 0. The van der Waals surface area contributed by atoms with Gasteiger partial charge < -0.3 is 89.9 Å². The van der Waals surface area contributed by atoms with E-state index in [-0.39, 0.29) is 18.9 Å². The number of aliphatic hydroxyl groups excluding tert-OH is 11. The third kappa shape index (κ3) is 20.5. The van der Waals surface area contributed by atoms with Gasteiger partial charge in [0.1, 0.15) is 73.2 Å². The Morgan fingerprint density at radius 3 is 1.48 bits per heavy atom. The minimum Gasteiger partial charge on any atom is -0.394 e. The second kappa shape index (κ2) is 34.4. The van der Waals surface area contributed by atoms with Crippen molar-refractivity contribution in [2.24, 2.45) is 0 Å². The van der Waals surface area contributed by atoms with Gasteiger partial charge in [0, 0.05) is 6.42 Å². The summed E-state index contributed by atoms with van der Waals surface area (Å²) in [5.74, 6) is -0.337. The molecule has 0 bridgehead atoms. The first kappa shape index (κ1) is 60.3. The predicted octanol–water partition coefficient (Wildman–Crippen LogP) is 0.911. The first-order chi connectivity index (χ1) is 33.3. The number of hydrogen-bond donors (Lipinski definition) is 12. The van der Waals surface area contributed by atoms with Crippen molar-refractivity contribution in [3.8, 4) is 0 Å². The summed E-state index contributed by atoms with van der Waals surface area (Å²) in [6.07, 6.45) is 11.5. The van der Waals surface area contributed by atoms with Gasteiger partial charge in [-0.1, -0.05) is 105 Å². The van der Waals surface area contributed by atoms with E-state index in [9.17, 15) is 61.0 Å². The highest BCUT2D eigenvalue weighted by molar-refractivity contribution is 5.76. The van der Waals surface area contributed by atoms with Crippen molar-refractivity contribution >= 4 is 5.91 Å². The molecule has 69 heavy (non-hydrogen) atoms. The fourth-order valence-electron chi connectivity index (χ4n) is 7.61. The molecule has 0 aromatic rings. The second-order valence-electron chi connectivity index (χ2n) is 17.2. The number of hydrogen-bond acceptors (Lipinski definition) is 18.